The molecule has 0 bridgehead atoms. The molecule has 0 aliphatic rings. The normalized spacial score (nSPS) is 10.1. The number of aldehydes is 1. The van der Waals surface area contributed by atoms with Gasteiger partial charge in [-0.15, -0.1) is 0 Å². The molecule has 0 spiro atoms. The number of rotatable bonds is 5. The second-order valence-electron chi connectivity index (χ2n) is 3.36. The number of nitrogens with one attached hydrogen (secondary N) is 1. The van der Waals surface area contributed by atoms with Gasteiger partial charge < -0.3 is 9.47 Å². The minimum Gasteiger partial charge on any atom is -0.493 e. The van der Waals surface area contributed by atoms with Crippen LogP contribution in [-0.4, -0.2) is 28.6 Å². The molecule has 94 valence electrons. The van der Waals surface area contributed by atoms with Crippen LogP contribution in [0.1, 0.15) is 16.2 Å². The third-order valence-electron chi connectivity index (χ3n) is 2.20. The molecule has 1 N–H and O–H groups in total. The molecule has 2 rings (SSSR count). The highest BCUT2D eigenvalue weighted by Crippen LogP contribution is 2.31. The summed E-state index contributed by atoms with van der Waals surface area (Å²) in [6.07, 6.45) is 1.92. The van der Waals surface area contributed by atoms with Crippen molar-refractivity contribution in [2.45, 2.75) is 6.61 Å². The maximum absolute atomic E-state index is 13.7. The number of methoxy groups -OCH3 is 1. The molecule has 0 saturated carbocycles. The Morgan fingerprint density at radius 2 is 2.33 bits per heavy atom. The highest BCUT2D eigenvalue weighted by molar-refractivity contribution is 5.76. The van der Waals surface area contributed by atoms with E-state index in [1.54, 1.807) is 0 Å². The largest absolute Gasteiger partial charge is 0.493 e. The molecule has 0 amide bonds. The van der Waals surface area contributed by atoms with E-state index in [0.717, 1.165) is 6.07 Å². The molecular weight excluding hydrogens is 241 g/mol. The lowest BCUT2D eigenvalue weighted by Gasteiger charge is -2.10. The number of aromatic nitrogens is 3. The number of benzene rings is 1. The molecule has 18 heavy (non-hydrogen) atoms. The maximum atomic E-state index is 13.7. The number of hydrogen-bond acceptors (Lipinski definition) is 5. The molecule has 1 heterocycles. The van der Waals surface area contributed by atoms with Crippen molar-refractivity contribution >= 4 is 6.29 Å². The van der Waals surface area contributed by atoms with E-state index in [0.29, 0.717) is 12.1 Å². The van der Waals surface area contributed by atoms with Gasteiger partial charge in [-0.25, -0.2) is 9.37 Å². The Kier molecular flexibility index (Phi) is 3.52. The fourth-order valence-electron chi connectivity index (χ4n) is 1.39. The predicted octanol–water partition coefficient (Wildman–Crippen LogP) is 1.34. The highest BCUT2D eigenvalue weighted by atomic mass is 19.1. The zero-order chi connectivity index (χ0) is 13.0. The first kappa shape index (κ1) is 12.0. The second kappa shape index (κ2) is 5.26. The molecule has 2 aromatic rings. The fourth-order valence-corrected chi connectivity index (χ4v) is 1.39. The van der Waals surface area contributed by atoms with Crippen molar-refractivity contribution in [2.75, 3.05) is 7.11 Å². The second-order valence-corrected chi connectivity index (χ2v) is 3.36. The van der Waals surface area contributed by atoms with Crippen LogP contribution < -0.4 is 9.47 Å². The van der Waals surface area contributed by atoms with Crippen LogP contribution in [-0.2, 0) is 6.61 Å². The molecule has 0 fully saturated rings. The standard InChI is InChI=1S/C11H10FN3O3/c1-17-9-3-7(4-16)2-8(12)11(9)18-5-10-13-6-14-15-10/h2-4,6H,5H2,1H3,(H,13,14,15). The first-order chi connectivity index (χ1) is 8.74. The zero-order valence-electron chi connectivity index (χ0n) is 9.51. The van der Waals surface area contributed by atoms with Crippen LogP contribution in [0.3, 0.4) is 0 Å². The summed E-state index contributed by atoms with van der Waals surface area (Å²) >= 11 is 0. The summed E-state index contributed by atoms with van der Waals surface area (Å²) in [6, 6.07) is 2.46. The first-order valence-electron chi connectivity index (χ1n) is 5.04. The van der Waals surface area contributed by atoms with E-state index in [4.69, 9.17) is 9.47 Å². The Morgan fingerprint density at radius 1 is 1.50 bits per heavy atom. The van der Waals surface area contributed by atoms with E-state index in [9.17, 15) is 9.18 Å². The van der Waals surface area contributed by atoms with Gasteiger partial charge in [0.25, 0.3) is 0 Å². The zero-order valence-corrected chi connectivity index (χ0v) is 9.51. The molecule has 0 atom stereocenters. The van der Waals surface area contributed by atoms with Gasteiger partial charge in [-0.3, -0.25) is 9.89 Å². The molecular formula is C11H10FN3O3. The number of halogens is 1. The predicted molar refractivity (Wildman–Crippen MR) is 59.1 cm³/mol. The molecule has 1 aromatic heterocycles. The lowest BCUT2D eigenvalue weighted by atomic mass is 10.2. The molecule has 6 nitrogen and oxygen atoms in total. The number of carbonyl (C=O) groups is 1. The Labute approximate surface area is 102 Å². The van der Waals surface area contributed by atoms with Crippen LogP contribution in [0.2, 0.25) is 0 Å². The number of ether oxygens (including phenoxy) is 2. The topological polar surface area (TPSA) is 77.1 Å². The van der Waals surface area contributed by atoms with Gasteiger partial charge in [0.1, 0.15) is 19.2 Å². The SMILES string of the molecule is COc1cc(C=O)cc(F)c1OCc1nc[nH]n1. The summed E-state index contributed by atoms with van der Waals surface area (Å²) in [5.41, 5.74) is 0.176. The first-order valence-corrected chi connectivity index (χ1v) is 5.04. The van der Waals surface area contributed by atoms with E-state index in [-0.39, 0.29) is 23.7 Å². The average Bonchev–Trinajstić information content (AvgIpc) is 2.89. The van der Waals surface area contributed by atoms with Gasteiger partial charge in [0.2, 0.25) is 0 Å². The Balaban J connectivity index is 2.23. The third kappa shape index (κ3) is 2.45. The number of carbonyl (C=O) groups excluding carboxylic acids is 1. The van der Waals surface area contributed by atoms with Gasteiger partial charge in [-0.1, -0.05) is 0 Å². The van der Waals surface area contributed by atoms with E-state index < -0.39 is 5.82 Å². The summed E-state index contributed by atoms with van der Waals surface area (Å²) in [6.45, 7) is -0.00276. The van der Waals surface area contributed by atoms with Gasteiger partial charge in [-0.2, -0.15) is 5.10 Å². The summed E-state index contributed by atoms with van der Waals surface area (Å²) in [7, 11) is 1.36. The van der Waals surface area contributed by atoms with Crippen LogP contribution in [0.25, 0.3) is 0 Å². The van der Waals surface area contributed by atoms with Crippen molar-refractivity contribution in [1.29, 1.82) is 0 Å². The Hall–Kier alpha value is -2.44. The number of aromatic amines is 1. The number of nitrogens with zero attached hydrogens (tertiary/aromatic N) is 2. The molecule has 0 radical (unpaired) electrons. The molecule has 0 saturated heterocycles. The average molecular weight is 251 g/mol. The van der Waals surface area contributed by atoms with Crippen LogP contribution >= 0.6 is 0 Å². The fraction of sp³-hybridized carbons (Fsp3) is 0.182. The van der Waals surface area contributed by atoms with Crippen molar-refractivity contribution in [1.82, 2.24) is 15.2 Å². The molecule has 7 heteroatoms. The highest BCUT2D eigenvalue weighted by Gasteiger charge is 2.14. The van der Waals surface area contributed by atoms with Gasteiger partial charge in [-0.05, 0) is 12.1 Å². The summed E-state index contributed by atoms with van der Waals surface area (Å²) < 4.78 is 23.9. The van der Waals surface area contributed by atoms with Crippen molar-refractivity contribution < 1.29 is 18.7 Å². The smallest absolute Gasteiger partial charge is 0.197 e. The summed E-state index contributed by atoms with van der Waals surface area (Å²) in [5.74, 6) is -0.219. The van der Waals surface area contributed by atoms with Crippen LogP contribution in [0.4, 0.5) is 4.39 Å². The minimum absolute atomic E-state index is 0.00276. The minimum atomic E-state index is -0.674. The monoisotopic (exact) mass is 251 g/mol. The van der Waals surface area contributed by atoms with Crippen molar-refractivity contribution in [2.24, 2.45) is 0 Å². The van der Waals surface area contributed by atoms with E-state index in [2.05, 4.69) is 15.2 Å². The lowest BCUT2D eigenvalue weighted by Crippen LogP contribution is -2.02. The van der Waals surface area contributed by atoms with E-state index >= 15 is 0 Å². The molecule has 0 unspecified atom stereocenters. The van der Waals surface area contributed by atoms with Crippen molar-refractivity contribution in [3.05, 3.63) is 35.7 Å². The Bertz CT molecular complexity index is 543. The maximum Gasteiger partial charge on any atom is 0.197 e. The van der Waals surface area contributed by atoms with Crippen LogP contribution in [0, 0.1) is 5.82 Å². The molecule has 0 aliphatic carbocycles. The summed E-state index contributed by atoms with van der Waals surface area (Å²) in [5, 5.41) is 6.28. The van der Waals surface area contributed by atoms with Crippen LogP contribution in [0.15, 0.2) is 18.5 Å². The third-order valence-corrected chi connectivity index (χ3v) is 2.20. The van der Waals surface area contributed by atoms with Crippen molar-refractivity contribution in [3.8, 4) is 11.5 Å². The van der Waals surface area contributed by atoms with E-state index in [1.807, 2.05) is 0 Å². The van der Waals surface area contributed by atoms with Gasteiger partial charge >= 0.3 is 0 Å². The number of hydrogen-bond donors (Lipinski definition) is 1. The van der Waals surface area contributed by atoms with Crippen molar-refractivity contribution in [3.63, 3.8) is 0 Å². The lowest BCUT2D eigenvalue weighted by molar-refractivity contribution is 0.112. The van der Waals surface area contributed by atoms with Gasteiger partial charge in [0.05, 0.1) is 7.11 Å². The molecule has 0 aliphatic heterocycles. The van der Waals surface area contributed by atoms with Gasteiger partial charge in [0, 0.05) is 5.56 Å². The quantitative estimate of drug-likeness (QED) is 0.811. The number of H-pyrrole nitrogens is 1. The summed E-state index contributed by atoms with van der Waals surface area (Å²) in [4.78, 5) is 14.4. The molecule has 1 aromatic carbocycles. The van der Waals surface area contributed by atoms with Gasteiger partial charge in [0.15, 0.2) is 23.1 Å². The Morgan fingerprint density at radius 3 is 2.94 bits per heavy atom. The van der Waals surface area contributed by atoms with E-state index in [1.165, 1.54) is 19.5 Å². The van der Waals surface area contributed by atoms with Crippen LogP contribution in [0.5, 0.6) is 11.5 Å².